The highest BCUT2D eigenvalue weighted by molar-refractivity contribution is 5.39. The first-order valence-corrected chi connectivity index (χ1v) is 6.50. The fourth-order valence-corrected chi connectivity index (χ4v) is 2.60. The molecule has 0 fully saturated rings. The second-order valence-electron chi connectivity index (χ2n) is 4.83. The molecule has 0 aromatic heterocycles. The molecule has 2 atom stereocenters. The molecule has 96 valence electrons. The lowest BCUT2D eigenvalue weighted by molar-refractivity contribution is 0.126. The van der Waals surface area contributed by atoms with Gasteiger partial charge in [-0.1, -0.05) is 31.5 Å². The number of rotatable bonds is 5. The van der Waals surface area contributed by atoms with Crippen molar-refractivity contribution in [3.05, 3.63) is 34.4 Å². The number of aliphatic hydroxyl groups excluding tert-OH is 1. The molecular formula is C15H25NO. The highest BCUT2D eigenvalue weighted by Crippen LogP contribution is 2.26. The van der Waals surface area contributed by atoms with Crippen LogP contribution in [0.5, 0.6) is 0 Å². The summed E-state index contributed by atoms with van der Waals surface area (Å²) in [6, 6.07) is 4.43. The molecule has 2 nitrogen and oxygen atoms in total. The van der Waals surface area contributed by atoms with Crippen LogP contribution in [0.25, 0.3) is 0 Å². The van der Waals surface area contributed by atoms with E-state index < -0.39 is 6.10 Å². The van der Waals surface area contributed by atoms with Crippen LogP contribution in [0.1, 0.15) is 48.6 Å². The number of aliphatic hydroxyl groups is 1. The largest absolute Gasteiger partial charge is 0.387 e. The van der Waals surface area contributed by atoms with Gasteiger partial charge in [0.1, 0.15) is 0 Å². The van der Waals surface area contributed by atoms with Crippen molar-refractivity contribution in [1.82, 2.24) is 5.32 Å². The van der Waals surface area contributed by atoms with Crippen LogP contribution in [0.3, 0.4) is 0 Å². The molecule has 0 saturated heterocycles. The molecule has 0 spiro atoms. The van der Waals surface area contributed by atoms with Gasteiger partial charge in [0.25, 0.3) is 0 Å². The van der Waals surface area contributed by atoms with Crippen molar-refractivity contribution in [2.75, 3.05) is 6.54 Å². The molecule has 0 aliphatic rings. The Hall–Kier alpha value is -0.860. The van der Waals surface area contributed by atoms with Crippen molar-refractivity contribution in [3.8, 4) is 0 Å². The third kappa shape index (κ3) is 3.30. The topological polar surface area (TPSA) is 32.3 Å². The third-order valence-corrected chi connectivity index (χ3v) is 3.32. The number of hydrogen-bond acceptors (Lipinski definition) is 2. The molecule has 0 saturated carbocycles. The Kier molecular flexibility index (Phi) is 5.16. The predicted octanol–water partition coefficient (Wildman–Crippen LogP) is 3.03. The predicted molar refractivity (Wildman–Crippen MR) is 73.4 cm³/mol. The van der Waals surface area contributed by atoms with Crippen molar-refractivity contribution in [3.63, 3.8) is 0 Å². The summed E-state index contributed by atoms with van der Waals surface area (Å²) < 4.78 is 0. The van der Waals surface area contributed by atoms with Crippen molar-refractivity contribution in [2.45, 2.75) is 53.2 Å². The average Bonchev–Trinajstić information content (AvgIpc) is 2.24. The number of benzene rings is 1. The molecule has 1 rings (SSSR count). The zero-order chi connectivity index (χ0) is 13.0. The molecule has 0 radical (unpaired) electrons. The van der Waals surface area contributed by atoms with Crippen LogP contribution in [0.4, 0.5) is 0 Å². The summed E-state index contributed by atoms with van der Waals surface area (Å²) in [5, 5.41) is 13.9. The summed E-state index contributed by atoms with van der Waals surface area (Å²) in [5.41, 5.74) is 4.72. The Morgan fingerprint density at radius 1 is 1.12 bits per heavy atom. The van der Waals surface area contributed by atoms with Crippen molar-refractivity contribution in [1.29, 1.82) is 0 Å². The van der Waals surface area contributed by atoms with Crippen molar-refractivity contribution in [2.24, 2.45) is 0 Å². The fourth-order valence-electron chi connectivity index (χ4n) is 2.60. The smallest absolute Gasteiger partial charge is 0.0947 e. The molecule has 0 amide bonds. The van der Waals surface area contributed by atoms with Crippen LogP contribution in [0.2, 0.25) is 0 Å². The first-order chi connectivity index (χ1) is 8.01. The van der Waals surface area contributed by atoms with Gasteiger partial charge in [-0.3, -0.25) is 0 Å². The minimum Gasteiger partial charge on any atom is -0.387 e. The van der Waals surface area contributed by atoms with Gasteiger partial charge >= 0.3 is 0 Å². The standard InChI is InChI=1S/C15H25NO/c1-6-13(16-7-2)15(17)14-11(4)8-10(3)9-12(14)5/h8-9,13,15-17H,6-7H2,1-5H3. The van der Waals surface area contributed by atoms with Crippen molar-refractivity contribution < 1.29 is 5.11 Å². The van der Waals surface area contributed by atoms with Crippen LogP contribution in [-0.4, -0.2) is 17.7 Å². The van der Waals surface area contributed by atoms with Gasteiger partial charge in [-0.05, 0) is 50.4 Å². The molecule has 0 bridgehead atoms. The molecule has 17 heavy (non-hydrogen) atoms. The molecule has 1 aromatic carbocycles. The molecule has 0 heterocycles. The van der Waals surface area contributed by atoms with E-state index in [0.29, 0.717) is 0 Å². The van der Waals surface area contributed by atoms with Crippen molar-refractivity contribution >= 4 is 0 Å². The van der Waals surface area contributed by atoms with Crippen LogP contribution < -0.4 is 5.32 Å². The van der Waals surface area contributed by atoms with Crippen LogP contribution in [0.15, 0.2) is 12.1 Å². The van der Waals surface area contributed by atoms with Crippen LogP contribution in [0, 0.1) is 20.8 Å². The number of nitrogens with one attached hydrogen (secondary N) is 1. The quantitative estimate of drug-likeness (QED) is 0.822. The maximum absolute atomic E-state index is 10.5. The lowest BCUT2D eigenvalue weighted by Crippen LogP contribution is -2.34. The summed E-state index contributed by atoms with van der Waals surface area (Å²) in [5.74, 6) is 0. The number of hydrogen-bond donors (Lipinski definition) is 2. The average molecular weight is 235 g/mol. The zero-order valence-electron chi connectivity index (χ0n) is 11.7. The van der Waals surface area contributed by atoms with Gasteiger partial charge in [0.2, 0.25) is 0 Å². The minimum absolute atomic E-state index is 0.139. The Morgan fingerprint density at radius 2 is 1.65 bits per heavy atom. The molecule has 1 aromatic rings. The Balaban J connectivity index is 3.06. The Morgan fingerprint density at radius 3 is 2.06 bits per heavy atom. The molecule has 2 unspecified atom stereocenters. The lowest BCUT2D eigenvalue weighted by atomic mass is 9.91. The highest BCUT2D eigenvalue weighted by Gasteiger charge is 2.21. The first kappa shape index (κ1) is 14.2. The van der Waals surface area contributed by atoms with E-state index in [9.17, 15) is 5.11 Å². The number of likely N-dealkylation sites (N-methyl/N-ethyl adjacent to an activating group) is 1. The number of aryl methyl sites for hydroxylation is 3. The summed E-state index contributed by atoms with van der Waals surface area (Å²) in [4.78, 5) is 0. The minimum atomic E-state index is -0.416. The summed E-state index contributed by atoms with van der Waals surface area (Å²) in [7, 11) is 0. The SMILES string of the molecule is CCNC(CC)C(O)c1c(C)cc(C)cc1C. The molecular weight excluding hydrogens is 210 g/mol. The van der Waals surface area contributed by atoms with E-state index in [2.05, 4.69) is 52.1 Å². The van der Waals surface area contributed by atoms with Gasteiger partial charge in [0.05, 0.1) is 6.10 Å². The maximum Gasteiger partial charge on any atom is 0.0947 e. The van der Waals surface area contributed by atoms with Gasteiger partial charge in [0.15, 0.2) is 0 Å². The highest BCUT2D eigenvalue weighted by atomic mass is 16.3. The summed E-state index contributed by atoms with van der Waals surface area (Å²) >= 11 is 0. The molecule has 0 aliphatic carbocycles. The second-order valence-corrected chi connectivity index (χ2v) is 4.83. The van der Waals surface area contributed by atoms with E-state index in [4.69, 9.17) is 0 Å². The van der Waals surface area contributed by atoms with Gasteiger partial charge in [0, 0.05) is 6.04 Å². The van der Waals surface area contributed by atoms with E-state index in [1.807, 2.05) is 0 Å². The molecule has 2 heteroatoms. The summed E-state index contributed by atoms with van der Waals surface area (Å²) in [6.07, 6.45) is 0.516. The zero-order valence-corrected chi connectivity index (χ0v) is 11.7. The maximum atomic E-state index is 10.5. The van der Waals surface area contributed by atoms with Gasteiger partial charge in [-0.2, -0.15) is 0 Å². The van der Waals surface area contributed by atoms with E-state index in [1.54, 1.807) is 0 Å². The van der Waals surface area contributed by atoms with Gasteiger partial charge in [-0.25, -0.2) is 0 Å². The normalized spacial score (nSPS) is 14.7. The summed E-state index contributed by atoms with van der Waals surface area (Å²) in [6.45, 7) is 11.3. The molecule has 2 N–H and O–H groups in total. The Bertz CT molecular complexity index is 350. The van der Waals surface area contributed by atoms with E-state index in [0.717, 1.165) is 18.5 Å². The monoisotopic (exact) mass is 235 g/mol. The molecule has 0 aliphatic heterocycles. The Labute approximate surface area is 105 Å². The van der Waals surface area contributed by atoms with E-state index >= 15 is 0 Å². The van der Waals surface area contributed by atoms with Crippen LogP contribution >= 0.6 is 0 Å². The van der Waals surface area contributed by atoms with E-state index in [1.165, 1.54) is 16.7 Å². The van der Waals surface area contributed by atoms with E-state index in [-0.39, 0.29) is 6.04 Å². The second kappa shape index (κ2) is 6.18. The first-order valence-electron chi connectivity index (χ1n) is 6.50. The fraction of sp³-hybridized carbons (Fsp3) is 0.600. The van der Waals surface area contributed by atoms with Crippen LogP contribution in [-0.2, 0) is 0 Å². The van der Waals surface area contributed by atoms with Gasteiger partial charge < -0.3 is 10.4 Å². The van der Waals surface area contributed by atoms with Gasteiger partial charge in [-0.15, -0.1) is 0 Å². The third-order valence-electron chi connectivity index (χ3n) is 3.32. The lowest BCUT2D eigenvalue weighted by Gasteiger charge is -2.26.